The second kappa shape index (κ2) is 3.61. The van der Waals surface area contributed by atoms with Crippen molar-refractivity contribution in [1.82, 2.24) is 9.78 Å². The summed E-state index contributed by atoms with van der Waals surface area (Å²) in [6.45, 7) is 6.28. The Kier molecular flexibility index (Phi) is 2.85. The molecule has 0 amide bonds. The van der Waals surface area contributed by atoms with Crippen LogP contribution in [0, 0.1) is 17.7 Å². The number of nitrogens with one attached hydrogen (secondary N) is 1. The third-order valence-electron chi connectivity index (χ3n) is 2.32. The topological polar surface area (TPSA) is 67.7 Å². The van der Waals surface area contributed by atoms with Gasteiger partial charge in [-0.15, -0.1) is 0 Å². The Morgan fingerprint density at radius 2 is 2.29 bits per heavy atom. The minimum atomic E-state index is -0.389. The Morgan fingerprint density at radius 1 is 1.71 bits per heavy atom. The van der Waals surface area contributed by atoms with Gasteiger partial charge in [-0.1, -0.05) is 25.4 Å². The number of amidine groups is 1. The molecule has 1 aromatic rings. The zero-order valence-electron chi connectivity index (χ0n) is 8.63. The third-order valence-corrected chi connectivity index (χ3v) is 2.69. The minimum absolute atomic E-state index is 0.156. The van der Waals surface area contributed by atoms with Crippen LogP contribution in [0.25, 0.3) is 0 Å². The monoisotopic (exact) mass is 214 g/mol. The Balaban J connectivity index is 2.89. The van der Waals surface area contributed by atoms with Crippen LogP contribution in [0.2, 0.25) is 5.02 Å². The summed E-state index contributed by atoms with van der Waals surface area (Å²) in [6.07, 6.45) is 1.60. The minimum Gasteiger partial charge on any atom is -0.387 e. The Hall–Kier alpha value is -1.03. The van der Waals surface area contributed by atoms with Crippen molar-refractivity contribution in [2.24, 2.45) is 11.1 Å². The van der Waals surface area contributed by atoms with Crippen LogP contribution in [-0.2, 0) is 6.54 Å². The summed E-state index contributed by atoms with van der Waals surface area (Å²) < 4.78 is 1.77. The van der Waals surface area contributed by atoms with E-state index in [0.717, 1.165) is 5.69 Å². The van der Waals surface area contributed by atoms with Crippen molar-refractivity contribution in [1.29, 1.82) is 5.41 Å². The summed E-state index contributed by atoms with van der Waals surface area (Å²) in [7, 11) is 0. The molecule has 0 bridgehead atoms. The highest BCUT2D eigenvalue weighted by Crippen LogP contribution is 2.21. The van der Waals surface area contributed by atoms with Crippen LogP contribution >= 0.6 is 11.6 Å². The van der Waals surface area contributed by atoms with Gasteiger partial charge in [-0.2, -0.15) is 5.10 Å². The van der Waals surface area contributed by atoms with Gasteiger partial charge in [0.05, 0.1) is 29.3 Å². The molecule has 0 aromatic carbocycles. The summed E-state index contributed by atoms with van der Waals surface area (Å²) in [6, 6.07) is 0. The normalized spacial score (nSPS) is 11.7. The van der Waals surface area contributed by atoms with Gasteiger partial charge in [-0.05, 0) is 6.92 Å². The SMILES string of the molecule is Cc1c(Cl)cnn1CC(C)(C)C(=N)N. The highest BCUT2D eigenvalue weighted by molar-refractivity contribution is 6.31. The van der Waals surface area contributed by atoms with Crippen LogP contribution < -0.4 is 5.73 Å². The Morgan fingerprint density at radius 3 is 2.64 bits per heavy atom. The van der Waals surface area contributed by atoms with Crippen LogP contribution in [0.3, 0.4) is 0 Å². The number of nitrogens with two attached hydrogens (primary N) is 1. The van der Waals surface area contributed by atoms with Gasteiger partial charge >= 0.3 is 0 Å². The van der Waals surface area contributed by atoms with Gasteiger partial charge in [-0.3, -0.25) is 10.1 Å². The first-order valence-corrected chi connectivity index (χ1v) is 4.75. The molecule has 0 fully saturated rings. The Labute approximate surface area is 88.6 Å². The van der Waals surface area contributed by atoms with Crippen molar-refractivity contribution in [3.8, 4) is 0 Å². The molecule has 0 aliphatic carbocycles. The molecule has 0 saturated carbocycles. The van der Waals surface area contributed by atoms with Gasteiger partial charge in [0.25, 0.3) is 0 Å². The van der Waals surface area contributed by atoms with Crippen molar-refractivity contribution in [3.63, 3.8) is 0 Å². The fourth-order valence-electron chi connectivity index (χ4n) is 1.04. The number of rotatable bonds is 3. The largest absolute Gasteiger partial charge is 0.387 e. The quantitative estimate of drug-likeness (QED) is 0.595. The molecule has 0 radical (unpaired) electrons. The van der Waals surface area contributed by atoms with E-state index < -0.39 is 0 Å². The summed E-state index contributed by atoms with van der Waals surface area (Å²) in [5.41, 5.74) is 6.00. The molecular formula is C9H15ClN4. The van der Waals surface area contributed by atoms with Crippen LogP contribution in [0.1, 0.15) is 19.5 Å². The maximum absolute atomic E-state index is 7.43. The van der Waals surface area contributed by atoms with E-state index >= 15 is 0 Å². The third kappa shape index (κ3) is 2.07. The smallest absolute Gasteiger partial charge is 0.0981 e. The summed E-state index contributed by atoms with van der Waals surface area (Å²) in [4.78, 5) is 0. The molecule has 0 spiro atoms. The molecule has 4 nitrogen and oxygen atoms in total. The van der Waals surface area contributed by atoms with Crippen LogP contribution in [0.5, 0.6) is 0 Å². The first kappa shape index (κ1) is 11.0. The average Bonchev–Trinajstić information content (AvgIpc) is 2.35. The van der Waals surface area contributed by atoms with Crippen molar-refractivity contribution in [2.45, 2.75) is 27.3 Å². The lowest BCUT2D eigenvalue weighted by Crippen LogP contribution is -2.35. The second-order valence-electron chi connectivity index (χ2n) is 4.03. The molecule has 78 valence electrons. The van der Waals surface area contributed by atoms with E-state index in [9.17, 15) is 0 Å². The van der Waals surface area contributed by atoms with E-state index in [1.807, 2.05) is 20.8 Å². The lowest BCUT2D eigenvalue weighted by atomic mass is 9.92. The van der Waals surface area contributed by atoms with Gasteiger partial charge in [-0.25, -0.2) is 0 Å². The second-order valence-corrected chi connectivity index (χ2v) is 4.44. The summed E-state index contributed by atoms with van der Waals surface area (Å²) in [5.74, 6) is 0.156. The molecule has 5 heteroatoms. The molecule has 0 saturated heterocycles. The van der Waals surface area contributed by atoms with E-state index in [1.54, 1.807) is 10.9 Å². The van der Waals surface area contributed by atoms with E-state index in [4.69, 9.17) is 22.7 Å². The van der Waals surface area contributed by atoms with E-state index in [-0.39, 0.29) is 11.3 Å². The summed E-state index contributed by atoms with van der Waals surface area (Å²) in [5, 5.41) is 12.2. The maximum Gasteiger partial charge on any atom is 0.0981 e. The molecule has 1 aromatic heterocycles. The van der Waals surface area contributed by atoms with E-state index in [0.29, 0.717) is 11.6 Å². The van der Waals surface area contributed by atoms with Crippen LogP contribution in [0.15, 0.2) is 6.20 Å². The zero-order chi connectivity index (χ0) is 10.9. The standard InChI is InChI=1S/C9H15ClN4/c1-6-7(10)4-13-14(6)5-9(2,3)8(11)12/h4H,5H2,1-3H3,(H3,11,12). The molecule has 3 N–H and O–H groups in total. The fraction of sp³-hybridized carbons (Fsp3) is 0.556. The number of hydrogen-bond acceptors (Lipinski definition) is 2. The molecule has 1 rings (SSSR count). The first-order chi connectivity index (χ1) is 6.34. The highest BCUT2D eigenvalue weighted by atomic mass is 35.5. The maximum atomic E-state index is 7.43. The van der Waals surface area contributed by atoms with Gasteiger partial charge in [0.2, 0.25) is 0 Å². The summed E-state index contributed by atoms with van der Waals surface area (Å²) >= 11 is 5.87. The van der Waals surface area contributed by atoms with Gasteiger partial charge in [0.1, 0.15) is 0 Å². The number of nitrogens with zero attached hydrogens (tertiary/aromatic N) is 2. The Bertz CT molecular complexity index is 354. The first-order valence-electron chi connectivity index (χ1n) is 4.37. The lowest BCUT2D eigenvalue weighted by Gasteiger charge is -2.23. The predicted molar refractivity (Wildman–Crippen MR) is 57.7 cm³/mol. The average molecular weight is 215 g/mol. The van der Waals surface area contributed by atoms with Crippen molar-refractivity contribution in [3.05, 3.63) is 16.9 Å². The van der Waals surface area contributed by atoms with Crippen LogP contribution in [-0.4, -0.2) is 15.6 Å². The van der Waals surface area contributed by atoms with Crippen molar-refractivity contribution in [2.75, 3.05) is 0 Å². The zero-order valence-corrected chi connectivity index (χ0v) is 9.39. The van der Waals surface area contributed by atoms with E-state index in [1.165, 1.54) is 0 Å². The van der Waals surface area contributed by atoms with Gasteiger partial charge in [0.15, 0.2) is 0 Å². The predicted octanol–water partition coefficient (Wildman–Crippen LogP) is 1.81. The molecule has 0 unspecified atom stereocenters. The number of halogens is 1. The number of hydrogen-bond donors (Lipinski definition) is 2. The van der Waals surface area contributed by atoms with Crippen molar-refractivity contribution < 1.29 is 0 Å². The highest BCUT2D eigenvalue weighted by Gasteiger charge is 2.23. The van der Waals surface area contributed by atoms with E-state index in [2.05, 4.69) is 5.10 Å². The number of aromatic nitrogens is 2. The van der Waals surface area contributed by atoms with Gasteiger partial charge in [0, 0.05) is 5.41 Å². The molecule has 1 heterocycles. The lowest BCUT2D eigenvalue weighted by molar-refractivity contribution is 0.393. The molecular weight excluding hydrogens is 200 g/mol. The van der Waals surface area contributed by atoms with Crippen molar-refractivity contribution >= 4 is 17.4 Å². The van der Waals surface area contributed by atoms with Crippen LogP contribution in [0.4, 0.5) is 0 Å². The molecule has 0 aliphatic heterocycles. The molecule has 0 aliphatic rings. The fourth-order valence-corrected chi connectivity index (χ4v) is 1.18. The van der Waals surface area contributed by atoms with Gasteiger partial charge < -0.3 is 5.73 Å². The molecule has 14 heavy (non-hydrogen) atoms. The molecule has 0 atom stereocenters.